The molecule has 0 amide bonds. The summed E-state index contributed by atoms with van der Waals surface area (Å²) in [7, 11) is 1.83. The first-order chi connectivity index (χ1) is 12.3. The second-order valence-electron chi connectivity index (χ2n) is 8.41. The second-order valence-corrected chi connectivity index (χ2v) is 11.3. The minimum Gasteiger partial charge on any atom is -0.484 e. The quantitative estimate of drug-likeness (QED) is 0.607. The summed E-state index contributed by atoms with van der Waals surface area (Å²) in [6.45, 7) is 4.55. The van der Waals surface area contributed by atoms with Crippen LogP contribution < -0.4 is 5.73 Å². The number of thioether (sulfide) groups is 1. The summed E-state index contributed by atoms with van der Waals surface area (Å²) >= 11 is 5.55. The van der Waals surface area contributed by atoms with Crippen LogP contribution in [0.15, 0.2) is 28.5 Å². The van der Waals surface area contributed by atoms with Crippen molar-refractivity contribution in [1.82, 2.24) is 0 Å². The monoisotopic (exact) mass is 440 g/mol. The maximum absolute atomic E-state index is 6.86. The van der Waals surface area contributed by atoms with E-state index in [0.29, 0.717) is 17.2 Å². The van der Waals surface area contributed by atoms with E-state index in [9.17, 15) is 0 Å². The van der Waals surface area contributed by atoms with E-state index in [2.05, 4.69) is 41.9 Å². The Labute approximate surface area is 169 Å². The van der Waals surface area contributed by atoms with Gasteiger partial charge in [-0.3, -0.25) is 0 Å². The molecule has 4 nitrogen and oxygen atoms in total. The number of hydrogen-bond donors (Lipinski definition) is 1. The number of fused-ring (bicyclic) bond motifs is 2. The fourth-order valence-corrected chi connectivity index (χ4v) is 6.60. The van der Waals surface area contributed by atoms with Crippen molar-refractivity contribution in [3.8, 4) is 0 Å². The molecular formula is C20H29BrN2O2S. The number of hydrogen-bond acceptors (Lipinski definition) is 5. The summed E-state index contributed by atoms with van der Waals surface area (Å²) in [5, 5.41) is 0.707. The number of alkyl halides is 1. The average Bonchev–Trinajstić information content (AvgIpc) is 2.73. The van der Waals surface area contributed by atoms with Crippen LogP contribution in [0.1, 0.15) is 52.4 Å². The van der Waals surface area contributed by atoms with E-state index in [4.69, 9.17) is 20.2 Å². The number of amidine groups is 1. The van der Waals surface area contributed by atoms with E-state index in [1.54, 1.807) is 11.8 Å². The third kappa shape index (κ3) is 2.78. The highest BCUT2D eigenvalue weighted by molar-refractivity contribution is 9.10. The van der Waals surface area contributed by atoms with E-state index in [-0.39, 0.29) is 15.5 Å². The Hall–Kier alpha value is -0.460. The fraction of sp³-hybridized carbons (Fsp3) is 0.750. The lowest BCUT2D eigenvalue weighted by Gasteiger charge is -2.48. The molecule has 0 aromatic carbocycles. The molecule has 2 heterocycles. The van der Waals surface area contributed by atoms with Crippen molar-refractivity contribution < 1.29 is 9.47 Å². The summed E-state index contributed by atoms with van der Waals surface area (Å²) in [5.74, 6) is 2.44. The second kappa shape index (κ2) is 6.56. The molecule has 26 heavy (non-hydrogen) atoms. The van der Waals surface area contributed by atoms with Gasteiger partial charge in [-0.25, -0.2) is 4.99 Å². The molecule has 2 aliphatic heterocycles. The first-order valence-electron chi connectivity index (χ1n) is 9.64. The van der Waals surface area contributed by atoms with Gasteiger partial charge in [0.2, 0.25) is 0 Å². The lowest BCUT2D eigenvalue weighted by atomic mass is 9.64. The Morgan fingerprint density at radius 2 is 2.15 bits per heavy atom. The van der Waals surface area contributed by atoms with Gasteiger partial charge in [0.25, 0.3) is 0 Å². The van der Waals surface area contributed by atoms with Gasteiger partial charge in [0.15, 0.2) is 5.17 Å². The van der Waals surface area contributed by atoms with Crippen molar-refractivity contribution in [3.05, 3.63) is 23.5 Å². The molecule has 5 unspecified atom stereocenters. The molecule has 0 bridgehead atoms. The van der Waals surface area contributed by atoms with Crippen LogP contribution in [0.3, 0.4) is 0 Å². The van der Waals surface area contributed by atoms with Gasteiger partial charge in [-0.05, 0) is 57.4 Å². The molecule has 5 atom stereocenters. The van der Waals surface area contributed by atoms with Crippen LogP contribution in [0.25, 0.3) is 0 Å². The van der Waals surface area contributed by atoms with Crippen molar-refractivity contribution in [2.75, 3.05) is 12.9 Å². The lowest BCUT2D eigenvalue weighted by Crippen LogP contribution is -2.58. The van der Waals surface area contributed by atoms with Gasteiger partial charge in [-0.15, -0.1) is 0 Å². The number of methoxy groups -OCH3 is 1. The Morgan fingerprint density at radius 3 is 2.88 bits per heavy atom. The molecule has 1 fully saturated rings. The Bertz CT molecular complexity index is 689. The summed E-state index contributed by atoms with van der Waals surface area (Å²) in [4.78, 5) is 5.16. The van der Waals surface area contributed by atoms with Crippen LogP contribution in [-0.2, 0) is 9.47 Å². The van der Waals surface area contributed by atoms with Crippen LogP contribution in [-0.4, -0.2) is 39.6 Å². The maximum Gasteiger partial charge on any atom is 0.154 e. The number of aliphatic imine (C=N–C) groups is 1. The maximum atomic E-state index is 6.86. The summed E-state index contributed by atoms with van der Waals surface area (Å²) in [6, 6.07) is 0. The van der Waals surface area contributed by atoms with E-state index in [0.717, 1.165) is 50.0 Å². The summed E-state index contributed by atoms with van der Waals surface area (Å²) in [5.41, 5.74) is 6.98. The Balaban J connectivity index is 1.83. The van der Waals surface area contributed by atoms with Crippen LogP contribution >= 0.6 is 27.7 Å². The number of allylic oxidation sites excluding steroid dienone is 2. The summed E-state index contributed by atoms with van der Waals surface area (Å²) in [6.07, 6.45) is 10.8. The number of nitrogens with zero attached hydrogens (tertiary/aromatic N) is 1. The molecule has 4 rings (SSSR count). The molecule has 2 N–H and O–H groups in total. The van der Waals surface area contributed by atoms with E-state index in [1.807, 2.05) is 7.11 Å². The zero-order valence-electron chi connectivity index (χ0n) is 15.9. The fourth-order valence-electron chi connectivity index (χ4n) is 5.36. The Kier molecular flexibility index (Phi) is 4.76. The molecule has 4 aliphatic rings. The molecule has 0 aromatic heterocycles. The molecule has 2 aliphatic carbocycles. The topological polar surface area (TPSA) is 56.8 Å². The molecular weight excluding hydrogens is 412 g/mol. The summed E-state index contributed by atoms with van der Waals surface area (Å²) < 4.78 is 12.5. The normalized spacial score (nSPS) is 45.5. The largest absolute Gasteiger partial charge is 0.484 e. The number of nitrogens with two attached hydrogens (primary N) is 1. The van der Waals surface area contributed by atoms with E-state index < -0.39 is 0 Å². The van der Waals surface area contributed by atoms with Crippen molar-refractivity contribution in [1.29, 1.82) is 0 Å². The molecule has 1 saturated carbocycles. The minimum absolute atomic E-state index is 0.0500. The third-order valence-electron chi connectivity index (χ3n) is 6.80. The molecule has 0 saturated heterocycles. The van der Waals surface area contributed by atoms with Crippen LogP contribution in [0.5, 0.6) is 0 Å². The molecule has 0 radical (unpaired) electrons. The zero-order chi connectivity index (χ0) is 18.6. The minimum atomic E-state index is -0.334. The molecule has 0 aromatic rings. The van der Waals surface area contributed by atoms with Gasteiger partial charge in [0.05, 0.1) is 6.10 Å². The first-order valence-corrected chi connectivity index (χ1v) is 11.4. The average molecular weight is 441 g/mol. The van der Waals surface area contributed by atoms with Gasteiger partial charge in [0.1, 0.15) is 16.9 Å². The number of rotatable bonds is 1. The van der Waals surface area contributed by atoms with Crippen molar-refractivity contribution in [2.24, 2.45) is 16.6 Å². The highest BCUT2D eigenvalue weighted by Gasteiger charge is 2.65. The highest BCUT2D eigenvalue weighted by Crippen LogP contribution is 2.60. The predicted molar refractivity (Wildman–Crippen MR) is 112 cm³/mol. The predicted octanol–water partition coefficient (Wildman–Crippen LogP) is 4.54. The van der Waals surface area contributed by atoms with Crippen LogP contribution in [0.4, 0.5) is 0 Å². The van der Waals surface area contributed by atoms with Crippen LogP contribution in [0.2, 0.25) is 0 Å². The van der Waals surface area contributed by atoms with E-state index >= 15 is 0 Å². The highest BCUT2D eigenvalue weighted by atomic mass is 79.9. The first kappa shape index (κ1) is 18.9. The Morgan fingerprint density at radius 1 is 1.35 bits per heavy atom. The smallest absolute Gasteiger partial charge is 0.154 e. The van der Waals surface area contributed by atoms with Gasteiger partial charge in [-0.2, -0.15) is 0 Å². The van der Waals surface area contributed by atoms with Crippen molar-refractivity contribution in [2.45, 2.75) is 73.9 Å². The zero-order valence-corrected chi connectivity index (χ0v) is 18.3. The molecule has 6 heteroatoms. The van der Waals surface area contributed by atoms with Crippen molar-refractivity contribution >= 4 is 32.9 Å². The number of halogens is 1. The van der Waals surface area contributed by atoms with Gasteiger partial charge >= 0.3 is 0 Å². The third-order valence-corrected chi connectivity index (χ3v) is 8.14. The van der Waals surface area contributed by atoms with Gasteiger partial charge in [0, 0.05) is 22.8 Å². The SMILES string of the molecule is COC1CCC(C)C2(CC1)OC1=C(CC(C)(Br)C=C1)C21CCSC(N)=N1. The van der Waals surface area contributed by atoms with Crippen LogP contribution in [0, 0.1) is 5.92 Å². The van der Waals surface area contributed by atoms with Gasteiger partial charge < -0.3 is 15.2 Å². The lowest BCUT2D eigenvalue weighted by molar-refractivity contribution is -0.0666. The van der Waals surface area contributed by atoms with Gasteiger partial charge in [-0.1, -0.05) is 40.7 Å². The standard InChI is InChI=1S/C20H29BrN2O2S/c1-13-4-5-14(24-3)6-9-20(13)19(10-11-26-17(22)23-19)15-12-18(2,21)8-7-16(15)25-20/h7-8,13-14H,4-6,9-12H2,1-3H3,(H2,22,23). The van der Waals surface area contributed by atoms with Crippen molar-refractivity contribution in [3.63, 3.8) is 0 Å². The van der Waals surface area contributed by atoms with E-state index in [1.165, 1.54) is 5.57 Å². The molecule has 2 spiro atoms. The molecule has 144 valence electrons. The number of ether oxygens (including phenoxy) is 2.